The number of aromatic nitrogens is 6. The maximum atomic E-state index is 4.84. The van der Waals surface area contributed by atoms with Crippen LogP contribution in [0.25, 0.3) is 0 Å². The van der Waals surface area contributed by atoms with E-state index in [2.05, 4.69) is 68.9 Å². The molecule has 0 radical (unpaired) electrons. The number of benzene rings is 3. The third-order valence-corrected chi connectivity index (χ3v) is 10.1. The monoisotopic (exact) mass is 598 g/mol. The van der Waals surface area contributed by atoms with E-state index < -0.39 is 0 Å². The van der Waals surface area contributed by atoms with Crippen molar-refractivity contribution in [2.45, 2.75) is 32.1 Å². The van der Waals surface area contributed by atoms with Gasteiger partial charge in [0.05, 0.1) is 11.4 Å². The fourth-order valence-electron chi connectivity index (χ4n) is 4.17. The van der Waals surface area contributed by atoms with E-state index in [1.807, 2.05) is 45.8 Å². The normalized spacial score (nSPS) is 14.3. The summed E-state index contributed by atoms with van der Waals surface area (Å²) in [6, 6.07) is 29.2. The van der Waals surface area contributed by atoms with Gasteiger partial charge in [-0.15, -0.1) is 20.4 Å². The van der Waals surface area contributed by atoms with Gasteiger partial charge >= 0.3 is 0 Å². The molecule has 0 saturated carbocycles. The van der Waals surface area contributed by atoms with Crippen LogP contribution in [0.15, 0.2) is 116 Å². The van der Waals surface area contributed by atoms with Crippen LogP contribution in [0.2, 0.25) is 0 Å². The van der Waals surface area contributed by atoms with Gasteiger partial charge in [-0.25, -0.2) is 0 Å². The van der Waals surface area contributed by atoms with E-state index in [1.54, 1.807) is 47.0 Å². The van der Waals surface area contributed by atoms with Crippen LogP contribution in [0, 0.1) is 0 Å². The zero-order valence-electron chi connectivity index (χ0n) is 21.1. The van der Waals surface area contributed by atoms with E-state index in [1.165, 1.54) is 11.1 Å². The van der Waals surface area contributed by atoms with E-state index in [0.29, 0.717) is 0 Å². The van der Waals surface area contributed by atoms with Crippen molar-refractivity contribution in [3.63, 3.8) is 0 Å². The molecule has 0 unspecified atom stereocenters. The van der Waals surface area contributed by atoms with E-state index in [-0.39, 0.29) is 0 Å². The number of thioether (sulfide) groups is 4. The van der Waals surface area contributed by atoms with Crippen LogP contribution < -0.4 is 0 Å². The molecule has 0 atom stereocenters. The Morgan fingerprint density at radius 3 is 1.40 bits per heavy atom. The Morgan fingerprint density at radius 2 is 0.975 bits per heavy atom. The topological polar surface area (TPSA) is 86.1 Å². The van der Waals surface area contributed by atoms with Gasteiger partial charge in [-0.3, -0.25) is 0 Å². The predicted octanol–water partition coefficient (Wildman–Crippen LogP) is 6.17. The minimum atomic E-state index is 0.790. The molecule has 7 rings (SSSR count). The van der Waals surface area contributed by atoms with Gasteiger partial charge in [0, 0.05) is 23.0 Å². The largest absolute Gasteiger partial charge is 0.213 e. The first kappa shape index (κ1) is 25.6. The molecule has 0 N–H and O–H groups in total. The average molecular weight is 599 g/mol. The van der Waals surface area contributed by atoms with Gasteiger partial charge in [-0.1, -0.05) is 132 Å². The van der Waals surface area contributed by atoms with Crippen molar-refractivity contribution < 1.29 is 0 Å². The minimum Gasteiger partial charge on any atom is -0.181 e. The lowest BCUT2D eigenvalue weighted by Crippen LogP contribution is -2.13. The molecule has 0 aliphatic carbocycles. The van der Waals surface area contributed by atoms with Crippen molar-refractivity contribution in [1.29, 1.82) is 0 Å². The van der Waals surface area contributed by atoms with Crippen LogP contribution in [0.1, 0.15) is 22.3 Å². The van der Waals surface area contributed by atoms with Gasteiger partial charge in [-0.2, -0.15) is 19.6 Å². The maximum Gasteiger partial charge on any atom is 0.213 e. The number of rotatable bonds is 8. The summed E-state index contributed by atoms with van der Waals surface area (Å²) >= 11 is 6.64. The number of nitrogens with zero attached hydrogens (tertiary/aromatic N) is 8. The number of hydrogen-bond acceptors (Lipinski definition) is 10. The smallest absolute Gasteiger partial charge is 0.181 e. The van der Waals surface area contributed by atoms with Crippen molar-refractivity contribution in [3.8, 4) is 0 Å². The summed E-state index contributed by atoms with van der Waals surface area (Å²) in [6.07, 6.45) is 0. The highest BCUT2D eigenvalue weighted by atomic mass is 32.2. The highest BCUT2D eigenvalue weighted by Crippen LogP contribution is 2.31. The second kappa shape index (κ2) is 11.7. The third kappa shape index (κ3) is 5.49. The first-order valence-corrected chi connectivity index (χ1v) is 16.5. The lowest BCUT2D eigenvalue weighted by molar-refractivity contribution is 0.693. The van der Waals surface area contributed by atoms with Crippen LogP contribution in [-0.2, 0) is 11.5 Å². The first-order valence-electron chi connectivity index (χ1n) is 12.6. The van der Waals surface area contributed by atoms with Crippen molar-refractivity contribution in [2.24, 2.45) is 10.2 Å². The molecule has 2 aromatic heterocycles. The van der Waals surface area contributed by atoms with Crippen molar-refractivity contribution >= 4 is 58.5 Å². The summed E-state index contributed by atoms with van der Waals surface area (Å²) in [5, 5.41) is 30.4. The van der Waals surface area contributed by atoms with E-state index in [0.717, 1.165) is 66.2 Å². The van der Waals surface area contributed by atoms with E-state index in [9.17, 15) is 0 Å². The first-order chi connectivity index (χ1) is 19.8. The van der Waals surface area contributed by atoms with Crippen molar-refractivity contribution in [3.05, 3.63) is 107 Å². The lowest BCUT2D eigenvalue weighted by atomic mass is 10.1. The summed E-state index contributed by atoms with van der Waals surface area (Å²) in [4.78, 5) is 0. The quantitative estimate of drug-likeness (QED) is 0.196. The van der Waals surface area contributed by atoms with Crippen molar-refractivity contribution in [1.82, 2.24) is 29.7 Å². The summed E-state index contributed by atoms with van der Waals surface area (Å²) in [6.45, 7) is 0. The molecular formula is C28H22N8S4. The Balaban J connectivity index is 0.988. The lowest BCUT2D eigenvalue weighted by Gasteiger charge is -2.13. The second-order valence-electron chi connectivity index (χ2n) is 8.95. The molecule has 2 aliphatic rings. The van der Waals surface area contributed by atoms with Crippen LogP contribution >= 0.6 is 47.0 Å². The Hall–Kier alpha value is -3.32. The fourth-order valence-corrected chi connectivity index (χ4v) is 7.64. The van der Waals surface area contributed by atoms with E-state index in [4.69, 9.17) is 10.2 Å². The predicted molar refractivity (Wildman–Crippen MR) is 164 cm³/mol. The molecule has 5 aromatic rings. The Morgan fingerprint density at radius 1 is 0.550 bits per heavy atom. The molecule has 0 fully saturated rings. The van der Waals surface area contributed by atoms with Gasteiger partial charge in [0.2, 0.25) is 20.6 Å². The zero-order valence-corrected chi connectivity index (χ0v) is 24.4. The Labute approximate surface area is 248 Å². The van der Waals surface area contributed by atoms with Gasteiger partial charge in [0.1, 0.15) is 0 Å². The average Bonchev–Trinajstić information content (AvgIpc) is 3.63. The molecule has 3 aromatic carbocycles. The standard InChI is InChI=1S/C28H22N8S4/c1-3-7-21(8-4-1)23-17-39-27-31-29-25(35(27)33-23)37-15-19-11-13-20(14-12-19)16-38-26-30-32-28-36(26)34-24(18-40-28)22-9-5-2-6-10-22/h1-14H,15-18H2. The molecule has 198 valence electrons. The molecule has 12 heteroatoms. The van der Waals surface area contributed by atoms with Crippen molar-refractivity contribution in [2.75, 3.05) is 11.5 Å². The summed E-state index contributed by atoms with van der Waals surface area (Å²) in [5.74, 6) is 3.17. The van der Waals surface area contributed by atoms with Crippen LogP contribution in [0.3, 0.4) is 0 Å². The van der Waals surface area contributed by atoms with Gasteiger partial charge < -0.3 is 0 Å². The van der Waals surface area contributed by atoms with Crippen LogP contribution in [-0.4, -0.2) is 52.7 Å². The minimum absolute atomic E-state index is 0.790. The molecule has 0 spiro atoms. The number of fused-ring (bicyclic) bond motifs is 2. The van der Waals surface area contributed by atoms with Gasteiger partial charge in [0.15, 0.2) is 0 Å². The molecule has 0 saturated heterocycles. The SMILES string of the molecule is c1ccc(C2=Nn3c(nnc3SCc3ccc(CSc4nnc5n4N=C(c4ccccc4)CS5)cc3)SC2)cc1. The van der Waals surface area contributed by atoms with Crippen LogP contribution in [0.4, 0.5) is 0 Å². The highest BCUT2D eigenvalue weighted by Gasteiger charge is 2.21. The summed E-state index contributed by atoms with van der Waals surface area (Å²) < 4.78 is 3.74. The summed E-state index contributed by atoms with van der Waals surface area (Å²) in [5.41, 5.74) is 6.78. The Kier molecular flexibility index (Phi) is 7.47. The molecule has 8 nitrogen and oxygen atoms in total. The Bertz CT molecular complexity index is 1570. The van der Waals surface area contributed by atoms with E-state index >= 15 is 0 Å². The highest BCUT2D eigenvalue weighted by molar-refractivity contribution is 8.00. The number of hydrogen-bond donors (Lipinski definition) is 0. The molecule has 2 aliphatic heterocycles. The van der Waals surface area contributed by atoms with Gasteiger partial charge in [0.25, 0.3) is 0 Å². The second-order valence-corrected chi connectivity index (χ2v) is 12.7. The molecule has 4 heterocycles. The maximum absolute atomic E-state index is 4.84. The van der Waals surface area contributed by atoms with Crippen LogP contribution in [0.5, 0.6) is 0 Å². The third-order valence-electron chi connectivity index (χ3n) is 6.26. The molecule has 40 heavy (non-hydrogen) atoms. The summed E-state index contributed by atoms with van der Waals surface area (Å²) in [7, 11) is 0. The van der Waals surface area contributed by atoms with Gasteiger partial charge in [-0.05, 0) is 22.3 Å². The zero-order chi connectivity index (χ0) is 26.7. The molecule has 0 bridgehead atoms. The molecule has 0 amide bonds. The molecular weight excluding hydrogens is 577 g/mol. The fraction of sp³-hybridized carbons (Fsp3) is 0.143.